The van der Waals surface area contributed by atoms with E-state index in [1.807, 2.05) is 12.1 Å². The molecule has 5 heteroatoms. The second-order valence-corrected chi connectivity index (χ2v) is 6.78. The highest BCUT2D eigenvalue weighted by atomic mass is 16.5. The van der Waals surface area contributed by atoms with Crippen molar-refractivity contribution in [2.75, 3.05) is 13.7 Å². The Morgan fingerprint density at radius 3 is 2.96 bits per heavy atom. The highest BCUT2D eigenvalue weighted by Crippen LogP contribution is 2.24. The van der Waals surface area contributed by atoms with Crippen molar-refractivity contribution < 1.29 is 14.1 Å². The lowest BCUT2D eigenvalue weighted by Gasteiger charge is -2.22. The number of likely N-dealkylation sites (tertiary alicyclic amines) is 1. The summed E-state index contributed by atoms with van der Waals surface area (Å²) < 4.78 is 12.8. The van der Waals surface area contributed by atoms with Crippen molar-refractivity contribution in [2.45, 2.75) is 25.4 Å². The molecule has 130 valence electrons. The third-order valence-electron chi connectivity index (χ3n) is 5.28. The zero-order valence-corrected chi connectivity index (χ0v) is 14.6. The monoisotopic (exact) mass is 339 g/mol. The number of aryl methyl sites for hydroxylation is 1. The largest absolute Gasteiger partial charge is 0.497 e. The third kappa shape index (κ3) is 2.96. The molecule has 1 fully saturated rings. The molecule has 1 saturated heterocycles. The van der Waals surface area contributed by atoms with Crippen LogP contribution in [0.15, 0.2) is 51.8 Å². The Hall–Kier alpha value is -2.53. The highest BCUT2D eigenvalue weighted by Gasteiger charge is 2.32. The number of hydrogen-bond acceptors (Lipinski definition) is 3. The number of hydrogen-bond donors (Lipinski definition) is 1. The smallest absolute Gasteiger partial charge is 0.336 e. The lowest BCUT2D eigenvalue weighted by molar-refractivity contribution is -0.932. The van der Waals surface area contributed by atoms with E-state index in [9.17, 15) is 4.79 Å². The van der Waals surface area contributed by atoms with Crippen LogP contribution in [0.25, 0.3) is 11.0 Å². The van der Waals surface area contributed by atoms with Gasteiger partial charge in [0.25, 0.3) is 0 Å². The van der Waals surface area contributed by atoms with E-state index < -0.39 is 0 Å². The van der Waals surface area contributed by atoms with Crippen molar-refractivity contribution in [3.05, 3.63) is 64.3 Å². The van der Waals surface area contributed by atoms with Gasteiger partial charge < -0.3 is 18.6 Å². The van der Waals surface area contributed by atoms with Crippen molar-refractivity contribution >= 4 is 11.0 Å². The van der Waals surface area contributed by atoms with Crippen LogP contribution < -0.4 is 15.3 Å². The van der Waals surface area contributed by atoms with Crippen LogP contribution >= 0.6 is 0 Å². The Morgan fingerprint density at radius 1 is 1.32 bits per heavy atom. The minimum absolute atomic E-state index is 0.301. The van der Waals surface area contributed by atoms with Crippen molar-refractivity contribution in [1.29, 1.82) is 0 Å². The predicted molar refractivity (Wildman–Crippen MR) is 96.0 cm³/mol. The molecule has 2 aromatic heterocycles. The molecule has 0 radical (unpaired) electrons. The van der Waals surface area contributed by atoms with Gasteiger partial charge in [0.2, 0.25) is 0 Å². The molecule has 1 aromatic carbocycles. The number of rotatable bonds is 4. The fourth-order valence-electron chi connectivity index (χ4n) is 4.04. The first-order valence-electron chi connectivity index (χ1n) is 8.72. The normalized spacial score (nSPS) is 20.2. The first kappa shape index (κ1) is 16.0. The van der Waals surface area contributed by atoms with Crippen LogP contribution in [-0.4, -0.2) is 18.2 Å². The second kappa shape index (κ2) is 6.41. The molecule has 4 rings (SSSR count). The van der Waals surface area contributed by atoms with E-state index in [-0.39, 0.29) is 5.63 Å². The summed E-state index contributed by atoms with van der Waals surface area (Å²) in [6.07, 6.45) is 4.49. The Labute approximate surface area is 146 Å². The molecule has 2 atom stereocenters. The lowest BCUT2D eigenvalue weighted by atomic mass is 10.1. The molecular weight excluding hydrogens is 316 g/mol. The summed E-state index contributed by atoms with van der Waals surface area (Å²) in [5.41, 5.74) is 2.70. The van der Waals surface area contributed by atoms with Gasteiger partial charge in [-0.05, 0) is 24.3 Å². The molecule has 3 aromatic rings. The van der Waals surface area contributed by atoms with Crippen LogP contribution in [0.2, 0.25) is 0 Å². The van der Waals surface area contributed by atoms with Gasteiger partial charge in [-0.25, -0.2) is 4.79 Å². The van der Waals surface area contributed by atoms with Crippen LogP contribution in [0.4, 0.5) is 0 Å². The molecule has 0 aliphatic carbocycles. The van der Waals surface area contributed by atoms with E-state index >= 15 is 0 Å². The predicted octanol–water partition coefficient (Wildman–Crippen LogP) is 2.06. The standard InChI is InChI=1S/C20H22N2O3/c1-21-9-3-5-17(21)18-6-4-10-22(18)13-14-11-20(23)25-19-12-15(24-2)7-8-16(14)19/h3,5,7-9,11-12,18H,4,6,10,13H2,1-2H3/p+1/t18-/m1/s1. The number of benzene rings is 1. The summed E-state index contributed by atoms with van der Waals surface area (Å²) in [5, 5.41) is 0.991. The Bertz CT molecular complexity index is 957. The van der Waals surface area contributed by atoms with Gasteiger partial charge in [-0.1, -0.05) is 0 Å². The summed E-state index contributed by atoms with van der Waals surface area (Å²) in [7, 11) is 3.71. The van der Waals surface area contributed by atoms with Gasteiger partial charge in [-0.3, -0.25) is 0 Å². The first-order valence-corrected chi connectivity index (χ1v) is 8.72. The Kier molecular flexibility index (Phi) is 4.09. The summed E-state index contributed by atoms with van der Waals surface area (Å²) in [4.78, 5) is 13.5. The average Bonchev–Trinajstić information content (AvgIpc) is 3.22. The van der Waals surface area contributed by atoms with Gasteiger partial charge in [-0.2, -0.15) is 0 Å². The third-order valence-corrected chi connectivity index (χ3v) is 5.28. The summed E-state index contributed by atoms with van der Waals surface area (Å²) in [6.45, 7) is 1.94. The quantitative estimate of drug-likeness (QED) is 0.740. The molecule has 25 heavy (non-hydrogen) atoms. The molecule has 0 bridgehead atoms. The number of quaternary nitrogens is 1. The Morgan fingerprint density at radius 2 is 2.20 bits per heavy atom. The van der Waals surface area contributed by atoms with Crippen molar-refractivity contribution in [3.8, 4) is 5.75 Å². The van der Waals surface area contributed by atoms with Gasteiger partial charge in [-0.15, -0.1) is 0 Å². The second-order valence-electron chi connectivity index (χ2n) is 6.78. The van der Waals surface area contributed by atoms with Gasteiger partial charge in [0, 0.05) is 49.2 Å². The molecule has 1 N–H and O–H groups in total. The fourth-order valence-corrected chi connectivity index (χ4v) is 4.04. The van der Waals surface area contributed by atoms with Gasteiger partial charge in [0.05, 0.1) is 19.3 Å². The number of nitrogens with zero attached hydrogens (tertiary/aromatic N) is 1. The minimum atomic E-state index is -0.301. The van der Waals surface area contributed by atoms with E-state index in [0.717, 1.165) is 24.0 Å². The molecule has 1 aliphatic rings. The van der Waals surface area contributed by atoms with Crippen LogP contribution in [0.5, 0.6) is 5.75 Å². The van der Waals surface area contributed by atoms with E-state index in [1.165, 1.54) is 23.4 Å². The molecule has 1 aliphatic heterocycles. The van der Waals surface area contributed by atoms with Crippen LogP contribution in [0.1, 0.15) is 30.1 Å². The summed E-state index contributed by atoms with van der Waals surface area (Å²) >= 11 is 0. The van der Waals surface area contributed by atoms with E-state index in [4.69, 9.17) is 9.15 Å². The maximum atomic E-state index is 12.0. The first-order chi connectivity index (χ1) is 12.2. The number of methoxy groups -OCH3 is 1. The zero-order valence-electron chi connectivity index (χ0n) is 14.6. The molecule has 0 saturated carbocycles. The minimum Gasteiger partial charge on any atom is -0.497 e. The van der Waals surface area contributed by atoms with Crippen molar-refractivity contribution in [1.82, 2.24) is 4.57 Å². The molecule has 0 amide bonds. The SMILES string of the molecule is COc1ccc2c(C[NH+]3CCC[C@@H]3c3cccn3C)cc(=O)oc2c1. The highest BCUT2D eigenvalue weighted by molar-refractivity contribution is 5.81. The fraction of sp³-hybridized carbons (Fsp3) is 0.350. The maximum absolute atomic E-state index is 12.0. The van der Waals surface area contributed by atoms with E-state index in [0.29, 0.717) is 17.4 Å². The van der Waals surface area contributed by atoms with E-state index in [2.05, 4.69) is 29.9 Å². The zero-order chi connectivity index (χ0) is 17.4. The molecule has 5 nitrogen and oxygen atoms in total. The van der Waals surface area contributed by atoms with Crippen LogP contribution in [0, 0.1) is 0 Å². The number of nitrogens with one attached hydrogen (secondary N) is 1. The Balaban J connectivity index is 1.70. The van der Waals surface area contributed by atoms with E-state index in [1.54, 1.807) is 19.2 Å². The molecule has 3 heterocycles. The number of aromatic nitrogens is 1. The topological polar surface area (TPSA) is 48.8 Å². The van der Waals surface area contributed by atoms with Gasteiger partial charge in [0.15, 0.2) is 0 Å². The molecule has 0 spiro atoms. The number of fused-ring (bicyclic) bond motifs is 1. The summed E-state index contributed by atoms with van der Waals surface area (Å²) in [6, 6.07) is 12.1. The molecular formula is C20H23N2O3+. The average molecular weight is 339 g/mol. The van der Waals surface area contributed by atoms with Crippen LogP contribution in [-0.2, 0) is 13.6 Å². The van der Waals surface area contributed by atoms with Crippen molar-refractivity contribution in [3.63, 3.8) is 0 Å². The van der Waals surface area contributed by atoms with Crippen LogP contribution in [0.3, 0.4) is 0 Å². The maximum Gasteiger partial charge on any atom is 0.336 e. The van der Waals surface area contributed by atoms with Gasteiger partial charge >= 0.3 is 5.63 Å². The van der Waals surface area contributed by atoms with Crippen molar-refractivity contribution in [2.24, 2.45) is 7.05 Å². The number of ether oxygens (including phenoxy) is 1. The summed E-state index contributed by atoms with van der Waals surface area (Å²) in [5.74, 6) is 0.697. The molecule has 1 unspecified atom stereocenters. The van der Waals surface area contributed by atoms with Gasteiger partial charge in [0.1, 0.15) is 23.9 Å². The lowest BCUT2D eigenvalue weighted by Crippen LogP contribution is -3.09.